The molecule has 0 aliphatic heterocycles. The van der Waals surface area contributed by atoms with Crippen molar-refractivity contribution in [3.05, 3.63) is 0 Å². The zero-order valence-corrected chi connectivity index (χ0v) is 8.40. The predicted octanol–water partition coefficient (Wildman–Crippen LogP) is 0.0254. The number of nitrogens with one attached hydrogen (secondary N) is 2. The van der Waals surface area contributed by atoms with E-state index in [9.17, 15) is 18.0 Å². The molecule has 0 heterocycles. The Morgan fingerprint density at radius 3 is 2.53 bits per heavy atom. The Kier molecular flexibility index (Phi) is 6.26. The Hall–Kier alpha value is -0.820. The SMILES string of the molecule is CC(O)CCNC(=O)CNCC(F)(F)F. The molecule has 0 aromatic carbocycles. The summed E-state index contributed by atoms with van der Waals surface area (Å²) in [5, 5.41) is 13.2. The highest BCUT2D eigenvalue weighted by Crippen LogP contribution is 2.11. The molecule has 1 unspecified atom stereocenters. The molecule has 0 rings (SSSR count). The second-order valence-electron chi connectivity index (χ2n) is 3.21. The molecule has 0 aromatic rings. The molecule has 0 bridgehead atoms. The first-order valence-corrected chi connectivity index (χ1v) is 4.53. The van der Waals surface area contributed by atoms with Crippen LogP contribution in [-0.4, -0.2) is 42.9 Å². The number of carbonyl (C=O) groups excluding carboxylic acids is 1. The topological polar surface area (TPSA) is 61.4 Å². The molecule has 0 aromatic heterocycles. The summed E-state index contributed by atoms with van der Waals surface area (Å²) in [6, 6.07) is 0. The van der Waals surface area contributed by atoms with Crippen LogP contribution in [0.25, 0.3) is 0 Å². The standard InChI is InChI=1S/C8H15F3N2O2/c1-6(14)2-3-13-7(15)4-12-5-8(9,10)11/h6,12,14H,2-5H2,1H3,(H,13,15). The van der Waals surface area contributed by atoms with Gasteiger partial charge < -0.3 is 15.7 Å². The molecule has 0 radical (unpaired) electrons. The van der Waals surface area contributed by atoms with Crippen LogP contribution in [0.4, 0.5) is 13.2 Å². The monoisotopic (exact) mass is 228 g/mol. The Bertz CT molecular complexity index is 195. The van der Waals surface area contributed by atoms with Crippen LogP contribution in [0, 0.1) is 0 Å². The number of carbonyl (C=O) groups is 1. The molecule has 0 fully saturated rings. The maximum absolute atomic E-state index is 11.6. The number of aliphatic hydroxyl groups is 1. The predicted molar refractivity (Wildman–Crippen MR) is 48.2 cm³/mol. The van der Waals surface area contributed by atoms with E-state index in [-0.39, 0.29) is 13.1 Å². The first-order valence-electron chi connectivity index (χ1n) is 4.53. The average Bonchev–Trinajstić information content (AvgIpc) is 2.00. The molecule has 0 aliphatic rings. The third kappa shape index (κ3) is 11.1. The summed E-state index contributed by atoms with van der Waals surface area (Å²) in [7, 11) is 0. The van der Waals surface area contributed by atoms with Crippen LogP contribution in [0.2, 0.25) is 0 Å². The van der Waals surface area contributed by atoms with Crippen LogP contribution in [0.1, 0.15) is 13.3 Å². The molecule has 0 saturated heterocycles. The number of halogens is 3. The van der Waals surface area contributed by atoms with E-state index in [1.807, 2.05) is 5.32 Å². The maximum atomic E-state index is 11.6. The Labute approximate surface area is 85.8 Å². The van der Waals surface area contributed by atoms with Crippen molar-refractivity contribution in [1.82, 2.24) is 10.6 Å². The molecule has 1 amide bonds. The van der Waals surface area contributed by atoms with Gasteiger partial charge in [0.2, 0.25) is 5.91 Å². The molecule has 0 spiro atoms. The highest BCUT2D eigenvalue weighted by atomic mass is 19.4. The minimum absolute atomic E-state index is 0.254. The van der Waals surface area contributed by atoms with Gasteiger partial charge in [0.05, 0.1) is 19.2 Å². The van der Waals surface area contributed by atoms with Crippen LogP contribution in [-0.2, 0) is 4.79 Å². The van der Waals surface area contributed by atoms with Gasteiger partial charge in [0.1, 0.15) is 0 Å². The third-order valence-corrected chi connectivity index (χ3v) is 1.50. The fourth-order valence-corrected chi connectivity index (χ4v) is 0.801. The summed E-state index contributed by atoms with van der Waals surface area (Å²) in [6.07, 6.45) is -4.46. The molecule has 0 aliphatic carbocycles. The third-order valence-electron chi connectivity index (χ3n) is 1.50. The summed E-state index contributed by atoms with van der Waals surface area (Å²) >= 11 is 0. The second kappa shape index (κ2) is 6.62. The van der Waals surface area contributed by atoms with Gasteiger partial charge in [-0.3, -0.25) is 4.79 Å². The fourth-order valence-electron chi connectivity index (χ4n) is 0.801. The molecular weight excluding hydrogens is 213 g/mol. The van der Waals surface area contributed by atoms with E-state index in [0.29, 0.717) is 6.42 Å². The number of rotatable bonds is 6. The average molecular weight is 228 g/mol. The normalized spacial score (nSPS) is 13.7. The van der Waals surface area contributed by atoms with E-state index in [1.54, 1.807) is 6.92 Å². The second-order valence-corrected chi connectivity index (χ2v) is 3.21. The molecule has 1 atom stereocenters. The van der Waals surface area contributed by atoms with Crippen LogP contribution in [0.15, 0.2) is 0 Å². The van der Waals surface area contributed by atoms with Gasteiger partial charge in [-0.1, -0.05) is 0 Å². The lowest BCUT2D eigenvalue weighted by atomic mass is 10.3. The molecule has 4 nitrogen and oxygen atoms in total. The van der Waals surface area contributed by atoms with Crippen molar-refractivity contribution in [3.8, 4) is 0 Å². The fraction of sp³-hybridized carbons (Fsp3) is 0.875. The maximum Gasteiger partial charge on any atom is 0.401 e. The van der Waals surface area contributed by atoms with Gasteiger partial charge >= 0.3 is 6.18 Å². The summed E-state index contributed by atoms with van der Waals surface area (Å²) in [5.74, 6) is -0.514. The minimum Gasteiger partial charge on any atom is -0.393 e. The number of aliphatic hydroxyl groups excluding tert-OH is 1. The zero-order chi connectivity index (χ0) is 11.9. The van der Waals surface area contributed by atoms with Gasteiger partial charge in [-0.15, -0.1) is 0 Å². The van der Waals surface area contributed by atoms with Gasteiger partial charge in [0, 0.05) is 6.54 Å². The molecule has 7 heteroatoms. The van der Waals surface area contributed by atoms with Crippen LogP contribution in [0.3, 0.4) is 0 Å². The van der Waals surface area contributed by atoms with Crippen molar-refractivity contribution < 1.29 is 23.1 Å². The summed E-state index contributed by atoms with van der Waals surface area (Å²) < 4.78 is 34.9. The lowest BCUT2D eigenvalue weighted by molar-refractivity contribution is -0.128. The quantitative estimate of drug-likeness (QED) is 0.601. The van der Waals surface area contributed by atoms with Crippen molar-refractivity contribution in [2.75, 3.05) is 19.6 Å². The van der Waals surface area contributed by atoms with Crippen LogP contribution < -0.4 is 10.6 Å². The van der Waals surface area contributed by atoms with Crippen molar-refractivity contribution in [2.24, 2.45) is 0 Å². The number of alkyl halides is 3. The zero-order valence-electron chi connectivity index (χ0n) is 8.40. The van der Waals surface area contributed by atoms with Crippen molar-refractivity contribution >= 4 is 5.91 Å². The van der Waals surface area contributed by atoms with Gasteiger partial charge in [0.25, 0.3) is 0 Å². The summed E-state index contributed by atoms with van der Waals surface area (Å²) in [4.78, 5) is 10.9. The first-order chi connectivity index (χ1) is 6.81. The van der Waals surface area contributed by atoms with Gasteiger partial charge in [-0.05, 0) is 13.3 Å². The van der Waals surface area contributed by atoms with E-state index in [2.05, 4.69) is 5.32 Å². The lowest BCUT2D eigenvalue weighted by Crippen LogP contribution is -2.38. The van der Waals surface area contributed by atoms with Crippen LogP contribution in [0.5, 0.6) is 0 Å². The van der Waals surface area contributed by atoms with Crippen LogP contribution >= 0.6 is 0 Å². The first kappa shape index (κ1) is 14.2. The number of hydrogen-bond donors (Lipinski definition) is 3. The largest absolute Gasteiger partial charge is 0.401 e. The van der Waals surface area contributed by atoms with E-state index in [1.165, 1.54) is 0 Å². The van der Waals surface area contributed by atoms with E-state index in [4.69, 9.17) is 5.11 Å². The molecular formula is C8H15F3N2O2. The summed E-state index contributed by atoms with van der Waals surface area (Å²) in [5.41, 5.74) is 0. The van der Waals surface area contributed by atoms with Gasteiger partial charge in [-0.2, -0.15) is 13.2 Å². The van der Waals surface area contributed by atoms with Gasteiger partial charge in [0.15, 0.2) is 0 Å². The minimum atomic E-state index is -4.31. The van der Waals surface area contributed by atoms with E-state index in [0.717, 1.165) is 0 Å². The lowest BCUT2D eigenvalue weighted by Gasteiger charge is -2.09. The molecule has 15 heavy (non-hydrogen) atoms. The van der Waals surface area contributed by atoms with Gasteiger partial charge in [-0.25, -0.2) is 0 Å². The number of amides is 1. The summed E-state index contributed by atoms with van der Waals surface area (Å²) in [6.45, 7) is 0.258. The highest BCUT2D eigenvalue weighted by Gasteiger charge is 2.26. The van der Waals surface area contributed by atoms with E-state index < -0.39 is 24.7 Å². The Morgan fingerprint density at radius 1 is 1.47 bits per heavy atom. The molecule has 90 valence electrons. The highest BCUT2D eigenvalue weighted by molar-refractivity contribution is 5.77. The molecule has 0 saturated carbocycles. The molecule has 3 N–H and O–H groups in total. The number of hydrogen-bond acceptors (Lipinski definition) is 3. The van der Waals surface area contributed by atoms with Crippen molar-refractivity contribution in [2.45, 2.75) is 25.6 Å². The van der Waals surface area contributed by atoms with Crippen molar-refractivity contribution in [3.63, 3.8) is 0 Å². The van der Waals surface area contributed by atoms with E-state index >= 15 is 0 Å². The van der Waals surface area contributed by atoms with Crippen molar-refractivity contribution in [1.29, 1.82) is 0 Å². The smallest absolute Gasteiger partial charge is 0.393 e. The Morgan fingerprint density at radius 2 is 2.07 bits per heavy atom. The Balaban J connectivity index is 3.42.